The van der Waals surface area contributed by atoms with Crippen molar-refractivity contribution in [2.75, 3.05) is 25.0 Å². The molecule has 0 spiro atoms. The normalized spacial score (nSPS) is 14.9. The molecule has 0 unspecified atom stereocenters. The molecule has 0 radical (unpaired) electrons. The Morgan fingerprint density at radius 2 is 2.07 bits per heavy atom. The summed E-state index contributed by atoms with van der Waals surface area (Å²) >= 11 is 0. The molecule has 5 nitrogen and oxygen atoms in total. The van der Waals surface area contributed by atoms with Gasteiger partial charge in [0.2, 0.25) is 5.91 Å². The molecule has 1 aliphatic rings. The number of nitrogens with one attached hydrogen (secondary N) is 2. The third-order valence-corrected chi connectivity index (χ3v) is 5.03. The lowest BCUT2D eigenvalue weighted by molar-refractivity contribution is -0.114. The Morgan fingerprint density at radius 1 is 1.22 bits per heavy atom. The first-order valence-corrected chi connectivity index (χ1v) is 9.40. The van der Waals surface area contributed by atoms with E-state index in [-0.39, 0.29) is 5.91 Å². The standard InChI is InChI=1S/C22H24N4O/c1-16(27)24-21-8-7-20-22(25-21)19(15-23-20)18-10-13-26(14-11-18)12-9-17-5-3-2-4-6-17/h2-8,10,15,23H,9,11-14H2,1H3,(H,24,25,27). The highest BCUT2D eigenvalue weighted by Gasteiger charge is 2.16. The average Bonchev–Trinajstić information content (AvgIpc) is 3.10. The smallest absolute Gasteiger partial charge is 0.222 e. The molecule has 1 amide bonds. The fraction of sp³-hybridized carbons (Fsp3) is 0.273. The number of fused-ring (bicyclic) bond motifs is 1. The van der Waals surface area contributed by atoms with Crippen LogP contribution in [0.25, 0.3) is 16.6 Å². The number of aromatic amines is 1. The number of carbonyl (C=O) groups excluding carboxylic acids is 1. The molecule has 3 heterocycles. The number of hydrogen-bond donors (Lipinski definition) is 2. The third kappa shape index (κ3) is 4.09. The summed E-state index contributed by atoms with van der Waals surface area (Å²) in [5.74, 6) is 0.488. The second kappa shape index (κ2) is 7.76. The molecule has 138 valence electrons. The number of pyridine rings is 1. The zero-order valence-corrected chi connectivity index (χ0v) is 15.5. The number of amides is 1. The summed E-state index contributed by atoms with van der Waals surface area (Å²) in [7, 11) is 0. The number of carbonyl (C=O) groups is 1. The molecular weight excluding hydrogens is 336 g/mol. The van der Waals surface area contributed by atoms with Crippen LogP contribution in [0.2, 0.25) is 0 Å². The van der Waals surface area contributed by atoms with Crippen LogP contribution in [0.15, 0.2) is 54.7 Å². The van der Waals surface area contributed by atoms with Crippen molar-refractivity contribution in [1.29, 1.82) is 0 Å². The van der Waals surface area contributed by atoms with E-state index in [4.69, 9.17) is 0 Å². The van der Waals surface area contributed by atoms with Crippen LogP contribution < -0.4 is 5.32 Å². The van der Waals surface area contributed by atoms with Gasteiger partial charge in [0, 0.05) is 38.3 Å². The number of nitrogens with zero attached hydrogens (tertiary/aromatic N) is 2. The van der Waals surface area contributed by atoms with Crippen molar-refractivity contribution in [2.24, 2.45) is 0 Å². The van der Waals surface area contributed by atoms with E-state index < -0.39 is 0 Å². The zero-order chi connectivity index (χ0) is 18.6. The average molecular weight is 360 g/mol. The molecule has 5 heteroatoms. The number of benzene rings is 1. The van der Waals surface area contributed by atoms with Gasteiger partial charge in [-0.25, -0.2) is 4.98 Å². The molecule has 2 N–H and O–H groups in total. The zero-order valence-electron chi connectivity index (χ0n) is 15.5. The lowest BCUT2D eigenvalue weighted by atomic mass is 10.0. The van der Waals surface area contributed by atoms with Gasteiger partial charge < -0.3 is 10.3 Å². The van der Waals surface area contributed by atoms with Crippen LogP contribution in [0.1, 0.15) is 24.5 Å². The highest BCUT2D eigenvalue weighted by Crippen LogP contribution is 2.29. The Bertz CT molecular complexity index is 974. The van der Waals surface area contributed by atoms with Crippen LogP contribution in [0.5, 0.6) is 0 Å². The molecular formula is C22H24N4O. The van der Waals surface area contributed by atoms with Gasteiger partial charge in [-0.15, -0.1) is 0 Å². The number of rotatable bonds is 5. The molecule has 0 saturated heterocycles. The Kier molecular flexibility index (Phi) is 5.03. The molecule has 0 bridgehead atoms. The molecule has 1 aliphatic heterocycles. The summed E-state index contributed by atoms with van der Waals surface area (Å²) in [6.45, 7) is 4.58. The van der Waals surface area contributed by atoms with Crippen LogP contribution in [0.4, 0.5) is 5.82 Å². The van der Waals surface area contributed by atoms with E-state index in [0.717, 1.165) is 49.1 Å². The molecule has 0 fully saturated rings. The van der Waals surface area contributed by atoms with Gasteiger partial charge in [-0.05, 0) is 36.1 Å². The maximum Gasteiger partial charge on any atom is 0.222 e. The van der Waals surface area contributed by atoms with Crippen LogP contribution in [0.3, 0.4) is 0 Å². The number of hydrogen-bond acceptors (Lipinski definition) is 3. The van der Waals surface area contributed by atoms with E-state index in [0.29, 0.717) is 5.82 Å². The maximum absolute atomic E-state index is 11.3. The molecule has 3 aromatic rings. The molecule has 0 aliphatic carbocycles. The minimum Gasteiger partial charge on any atom is -0.359 e. The van der Waals surface area contributed by atoms with Gasteiger partial charge in [0.15, 0.2) is 0 Å². The number of anilines is 1. The van der Waals surface area contributed by atoms with Crippen LogP contribution >= 0.6 is 0 Å². The van der Waals surface area contributed by atoms with Crippen molar-refractivity contribution in [2.45, 2.75) is 19.8 Å². The van der Waals surface area contributed by atoms with Gasteiger partial charge in [0.1, 0.15) is 5.82 Å². The van der Waals surface area contributed by atoms with Crippen molar-refractivity contribution in [3.05, 3.63) is 65.9 Å². The molecule has 4 rings (SSSR count). The predicted octanol–water partition coefficient (Wildman–Crippen LogP) is 3.85. The SMILES string of the molecule is CC(=O)Nc1ccc2[nH]cc(C3=CCN(CCc4ccccc4)CC3)c2n1. The predicted molar refractivity (Wildman–Crippen MR) is 110 cm³/mol. The first kappa shape index (κ1) is 17.5. The van der Waals surface area contributed by atoms with Crippen molar-refractivity contribution in [3.63, 3.8) is 0 Å². The third-order valence-electron chi connectivity index (χ3n) is 5.03. The van der Waals surface area contributed by atoms with Gasteiger partial charge in [-0.1, -0.05) is 36.4 Å². The minimum atomic E-state index is -0.107. The summed E-state index contributed by atoms with van der Waals surface area (Å²) < 4.78 is 0. The van der Waals surface area contributed by atoms with Crippen molar-refractivity contribution < 1.29 is 4.79 Å². The molecule has 27 heavy (non-hydrogen) atoms. The fourth-order valence-corrected chi connectivity index (χ4v) is 3.58. The minimum absolute atomic E-state index is 0.107. The lowest BCUT2D eigenvalue weighted by Crippen LogP contribution is -2.30. The first-order valence-electron chi connectivity index (χ1n) is 9.40. The van der Waals surface area contributed by atoms with Crippen molar-refractivity contribution in [3.8, 4) is 0 Å². The van der Waals surface area contributed by atoms with Gasteiger partial charge in [-0.2, -0.15) is 0 Å². The van der Waals surface area contributed by atoms with Crippen LogP contribution in [0, 0.1) is 0 Å². The largest absolute Gasteiger partial charge is 0.359 e. The first-order chi connectivity index (χ1) is 13.2. The van der Waals surface area contributed by atoms with Gasteiger partial charge in [-0.3, -0.25) is 9.69 Å². The van der Waals surface area contributed by atoms with E-state index >= 15 is 0 Å². The lowest BCUT2D eigenvalue weighted by Gasteiger charge is -2.26. The maximum atomic E-state index is 11.3. The van der Waals surface area contributed by atoms with Gasteiger partial charge >= 0.3 is 0 Å². The van der Waals surface area contributed by atoms with E-state index in [1.54, 1.807) is 0 Å². The van der Waals surface area contributed by atoms with Gasteiger partial charge in [0.25, 0.3) is 0 Å². The second-order valence-corrected chi connectivity index (χ2v) is 6.99. The monoisotopic (exact) mass is 360 g/mol. The van der Waals surface area contributed by atoms with Crippen LogP contribution in [-0.4, -0.2) is 40.4 Å². The Labute approximate surface area is 159 Å². The van der Waals surface area contributed by atoms with E-state index in [9.17, 15) is 4.79 Å². The fourth-order valence-electron chi connectivity index (χ4n) is 3.58. The Hall–Kier alpha value is -2.92. The molecule has 0 atom stereocenters. The summed E-state index contributed by atoms with van der Waals surface area (Å²) in [5.41, 5.74) is 5.76. The quantitative estimate of drug-likeness (QED) is 0.726. The second-order valence-electron chi connectivity index (χ2n) is 6.99. The highest BCUT2D eigenvalue weighted by molar-refractivity contribution is 5.93. The topological polar surface area (TPSA) is 61.0 Å². The number of H-pyrrole nitrogens is 1. The summed E-state index contributed by atoms with van der Waals surface area (Å²) in [6, 6.07) is 14.4. The highest BCUT2D eigenvalue weighted by atomic mass is 16.1. The van der Waals surface area contributed by atoms with E-state index in [1.165, 1.54) is 18.1 Å². The molecule has 1 aromatic carbocycles. The molecule has 2 aromatic heterocycles. The number of aromatic nitrogens is 2. The van der Waals surface area contributed by atoms with Crippen molar-refractivity contribution >= 4 is 28.3 Å². The molecule has 0 saturated carbocycles. The summed E-state index contributed by atoms with van der Waals surface area (Å²) in [6.07, 6.45) is 6.43. The summed E-state index contributed by atoms with van der Waals surface area (Å²) in [4.78, 5) is 21.7. The van der Waals surface area contributed by atoms with Crippen molar-refractivity contribution in [1.82, 2.24) is 14.9 Å². The van der Waals surface area contributed by atoms with Gasteiger partial charge in [0.05, 0.1) is 11.0 Å². The van der Waals surface area contributed by atoms with E-state index in [1.807, 2.05) is 18.3 Å². The summed E-state index contributed by atoms with van der Waals surface area (Å²) in [5, 5.41) is 2.76. The Morgan fingerprint density at radius 3 is 2.81 bits per heavy atom. The Balaban J connectivity index is 1.46. The van der Waals surface area contributed by atoms with Crippen LogP contribution in [-0.2, 0) is 11.2 Å². The van der Waals surface area contributed by atoms with E-state index in [2.05, 4.69) is 56.6 Å².